The van der Waals surface area contributed by atoms with Crippen LogP contribution in [0, 0.1) is 12.7 Å². The maximum Gasteiger partial charge on any atom is 0.264 e. The van der Waals surface area contributed by atoms with Crippen molar-refractivity contribution in [3.63, 3.8) is 0 Å². The molecule has 0 radical (unpaired) electrons. The lowest BCUT2D eigenvalue weighted by molar-refractivity contribution is 0.597. The average Bonchev–Trinajstić information content (AvgIpc) is 2.64. The maximum absolute atomic E-state index is 14.5. The summed E-state index contributed by atoms with van der Waals surface area (Å²) in [6.45, 7) is 1.63. The zero-order valence-electron chi connectivity index (χ0n) is 14.4. The van der Waals surface area contributed by atoms with Gasteiger partial charge in [0.15, 0.2) is 11.6 Å². The van der Waals surface area contributed by atoms with Crippen LogP contribution in [0.4, 0.5) is 10.2 Å². The number of halogens is 3. The van der Waals surface area contributed by atoms with Gasteiger partial charge in [-0.1, -0.05) is 35.9 Å². The lowest BCUT2D eigenvalue weighted by Gasteiger charge is -2.11. The fraction of sp³-hybridized carbons (Fsp3) is 0.0556. The summed E-state index contributed by atoms with van der Waals surface area (Å²) in [5.41, 5.74) is 1.55. The number of rotatable bonds is 5. The Bertz CT molecular complexity index is 1150. The first-order valence-electron chi connectivity index (χ1n) is 7.86. The Morgan fingerprint density at radius 2 is 1.79 bits per heavy atom. The Balaban J connectivity index is 1.88. The molecule has 3 aromatic rings. The van der Waals surface area contributed by atoms with Gasteiger partial charge in [-0.15, -0.1) is 0 Å². The van der Waals surface area contributed by atoms with E-state index < -0.39 is 21.7 Å². The van der Waals surface area contributed by atoms with Crippen LogP contribution in [0.15, 0.2) is 47.6 Å². The first kappa shape index (κ1) is 20.2. The van der Waals surface area contributed by atoms with Crippen LogP contribution < -0.4 is 4.72 Å². The molecule has 1 N–H and O–H groups in total. The first-order valence-corrected chi connectivity index (χ1v) is 10.1. The lowest BCUT2D eigenvalue weighted by Crippen LogP contribution is -2.16. The van der Waals surface area contributed by atoms with Crippen molar-refractivity contribution in [1.82, 2.24) is 15.0 Å². The van der Waals surface area contributed by atoms with Gasteiger partial charge in [-0.05, 0) is 42.3 Å². The largest absolute Gasteiger partial charge is 0.264 e. The molecule has 6 nitrogen and oxygen atoms in total. The van der Waals surface area contributed by atoms with Crippen molar-refractivity contribution >= 4 is 51.2 Å². The smallest absolute Gasteiger partial charge is 0.261 e. The molecule has 0 bridgehead atoms. The van der Waals surface area contributed by atoms with Crippen molar-refractivity contribution in [1.29, 1.82) is 0 Å². The molecule has 3 rings (SSSR count). The summed E-state index contributed by atoms with van der Waals surface area (Å²) in [4.78, 5) is 11.6. The van der Waals surface area contributed by atoms with E-state index in [0.717, 1.165) is 0 Å². The summed E-state index contributed by atoms with van der Waals surface area (Å²) >= 11 is 11.5. The molecule has 2 heterocycles. The predicted molar refractivity (Wildman–Crippen MR) is 107 cm³/mol. The van der Waals surface area contributed by atoms with E-state index in [0.29, 0.717) is 16.8 Å². The molecule has 144 valence electrons. The molecule has 0 unspecified atom stereocenters. The molecule has 0 aliphatic heterocycles. The highest BCUT2D eigenvalue weighted by Crippen LogP contribution is 2.25. The number of sulfonamides is 1. The minimum atomic E-state index is -4.09. The fourth-order valence-electron chi connectivity index (χ4n) is 2.27. The van der Waals surface area contributed by atoms with E-state index >= 15 is 0 Å². The van der Waals surface area contributed by atoms with Crippen molar-refractivity contribution in [2.45, 2.75) is 11.8 Å². The number of aromatic nitrogens is 3. The van der Waals surface area contributed by atoms with Crippen molar-refractivity contribution in [3.8, 4) is 0 Å². The van der Waals surface area contributed by atoms with E-state index in [9.17, 15) is 12.8 Å². The van der Waals surface area contributed by atoms with Crippen LogP contribution in [0.2, 0.25) is 10.3 Å². The second-order valence-corrected chi connectivity index (χ2v) is 8.04. The van der Waals surface area contributed by atoms with Crippen molar-refractivity contribution in [2.24, 2.45) is 0 Å². The number of pyridine rings is 1. The van der Waals surface area contributed by atoms with E-state index in [1.165, 1.54) is 36.7 Å². The Morgan fingerprint density at radius 3 is 2.46 bits per heavy atom. The summed E-state index contributed by atoms with van der Waals surface area (Å²) in [7, 11) is -4.09. The fourth-order valence-corrected chi connectivity index (χ4v) is 3.90. The number of nitrogens with zero attached hydrogens (tertiary/aromatic N) is 3. The van der Waals surface area contributed by atoms with Crippen molar-refractivity contribution < 1.29 is 12.8 Å². The number of aryl methyl sites for hydroxylation is 1. The molecular formula is C18H13Cl2FN4O2S. The predicted octanol–water partition coefficient (Wildman–Crippen LogP) is 4.60. The van der Waals surface area contributed by atoms with Crippen molar-refractivity contribution in [2.75, 3.05) is 4.72 Å². The van der Waals surface area contributed by atoms with Gasteiger partial charge in [0, 0.05) is 23.7 Å². The average molecular weight is 439 g/mol. The topological polar surface area (TPSA) is 84.8 Å². The quantitative estimate of drug-likeness (QED) is 0.588. The van der Waals surface area contributed by atoms with Crippen LogP contribution >= 0.6 is 23.2 Å². The van der Waals surface area contributed by atoms with Crippen LogP contribution in [0.5, 0.6) is 0 Å². The summed E-state index contributed by atoms with van der Waals surface area (Å²) in [5.74, 6) is -1.24. The van der Waals surface area contributed by atoms with E-state index in [4.69, 9.17) is 23.2 Å². The molecule has 0 aliphatic carbocycles. The highest BCUT2D eigenvalue weighted by Gasteiger charge is 2.20. The SMILES string of the molecule is Cc1nc(NS(=O)(=O)c2ccccc2Cl)c(F)cc1C=Cc1cnc(Cl)nc1. The van der Waals surface area contributed by atoms with E-state index in [1.54, 1.807) is 25.1 Å². The van der Waals surface area contributed by atoms with Gasteiger partial charge in [-0.2, -0.15) is 0 Å². The highest BCUT2D eigenvalue weighted by molar-refractivity contribution is 7.92. The number of benzene rings is 1. The van der Waals surface area contributed by atoms with E-state index in [1.807, 2.05) is 0 Å². The van der Waals surface area contributed by atoms with Crippen LogP contribution in [-0.2, 0) is 10.0 Å². The van der Waals surface area contributed by atoms with Crippen LogP contribution in [0.3, 0.4) is 0 Å². The molecule has 2 aromatic heterocycles. The maximum atomic E-state index is 14.5. The molecule has 1 aromatic carbocycles. The number of nitrogens with one attached hydrogen (secondary N) is 1. The minimum absolute atomic E-state index is 0.0249. The summed E-state index contributed by atoms with van der Waals surface area (Å²) in [6, 6.07) is 7.04. The second kappa shape index (κ2) is 8.22. The third kappa shape index (κ3) is 4.64. The molecule has 10 heteroatoms. The van der Waals surface area contributed by atoms with Gasteiger partial charge in [0.05, 0.1) is 5.02 Å². The monoisotopic (exact) mass is 438 g/mol. The third-order valence-corrected chi connectivity index (χ3v) is 5.69. The Labute approximate surface area is 171 Å². The normalized spacial score (nSPS) is 11.7. The first-order chi connectivity index (χ1) is 13.3. The Hall–Kier alpha value is -2.55. The van der Waals surface area contributed by atoms with Gasteiger partial charge in [0.2, 0.25) is 5.28 Å². The summed E-state index contributed by atoms with van der Waals surface area (Å²) in [5, 5.41) is 0.146. The highest BCUT2D eigenvalue weighted by atomic mass is 35.5. The molecule has 0 aliphatic rings. The van der Waals surface area contributed by atoms with Crippen molar-refractivity contribution in [3.05, 3.63) is 75.7 Å². The van der Waals surface area contributed by atoms with Gasteiger partial charge >= 0.3 is 0 Å². The van der Waals surface area contributed by atoms with E-state index in [-0.39, 0.29) is 15.2 Å². The molecular weight excluding hydrogens is 426 g/mol. The Morgan fingerprint density at radius 1 is 1.11 bits per heavy atom. The zero-order chi connectivity index (χ0) is 20.3. The summed E-state index contributed by atoms with van der Waals surface area (Å²) in [6.07, 6.45) is 6.30. The molecule has 0 saturated carbocycles. The molecule has 0 saturated heterocycles. The lowest BCUT2D eigenvalue weighted by atomic mass is 10.1. The number of hydrogen-bond acceptors (Lipinski definition) is 5. The van der Waals surface area contributed by atoms with Gasteiger partial charge in [-0.25, -0.2) is 27.8 Å². The molecule has 28 heavy (non-hydrogen) atoms. The number of anilines is 1. The molecule has 0 fully saturated rings. The van der Waals surface area contributed by atoms with E-state index in [2.05, 4.69) is 19.7 Å². The van der Waals surface area contributed by atoms with Crippen LogP contribution in [0.25, 0.3) is 12.2 Å². The summed E-state index contributed by atoms with van der Waals surface area (Å²) < 4.78 is 41.5. The molecule has 0 amide bonds. The van der Waals surface area contributed by atoms with Crippen LogP contribution in [0.1, 0.15) is 16.8 Å². The minimum Gasteiger partial charge on any atom is -0.261 e. The molecule has 0 spiro atoms. The second-order valence-electron chi connectivity index (χ2n) is 5.65. The standard InChI is InChI=1S/C18H13Cl2FN4O2S/c1-11-13(7-6-12-9-22-18(20)23-10-12)8-15(21)17(24-11)25-28(26,27)16-5-3-2-4-14(16)19/h2-10H,1H3,(H,24,25). The Kier molecular flexibility index (Phi) is 5.93. The van der Waals surface area contributed by atoms with Gasteiger partial charge in [0.1, 0.15) is 4.90 Å². The van der Waals surface area contributed by atoms with Crippen LogP contribution in [-0.4, -0.2) is 23.4 Å². The van der Waals surface area contributed by atoms with Gasteiger partial charge < -0.3 is 0 Å². The van der Waals surface area contributed by atoms with Gasteiger partial charge in [0.25, 0.3) is 10.0 Å². The zero-order valence-corrected chi connectivity index (χ0v) is 16.7. The number of hydrogen-bond donors (Lipinski definition) is 1. The van der Waals surface area contributed by atoms with Gasteiger partial charge in [-0.3, -0.25) is 4.72 Å². The third-order valence-electron chi connectivity index (χ3n) is 3.66. The molecule has 0 atom stereocenters.